The van der Waals surface area contributed by atoms with E-state index in [9.17, 15) is 14.0 Å². The molecule has 2 rings (SSSR count). The molecule has 0 aromatic carbocycles. The van der Waals surface area contributed by atoms with E-state index in [2.05, 4.69) is 4.84 Å². The number of carbonyl (C=O) groups excluding carboxylic acids is 1. The highest BCUT2D eigenvalue weighted by atomic mass is 19.1. The van der Waals surface area contributed by atoms with Crippen LogP contribution in [0.5, 0.6) is 0 Å². The topological polar surface area (TPSA) is 70.1 Å². The zero-order valence-corrected chi connectivity index (χ0v) is 10.2. The Morgan fingerprint density at radius 1 is 1.61 bits per heavy atom. The molecule has 0 aliphatic carbocycles. The van der Waals surface area contributed by atoms with Crippen LogP contribution in [0.25, 0.3) is 0 Å². The Bertz CT molecular complexity index is 410. The highest BCUT2D eigenvalue weighted by molar-refractivity contribution is 5.78. The van der Waals surface area contributed by atoms with Crippen molar-refractivity contribution in [2.75, 3.05) is 13.1 Å². The highest BCUT2D eigenvalue weighted by Gasteiger charge is 2.43. The van der Waals surface area contributed by atoms with E-state index in [1.807, 2.05) is 19.9 Å². The number of carboxylic acids is 1. The van der Waals surface area contributed by atoms with Gasteiger partial charge in [0.2, 0.25) is 0 Å². The van der Waals surface area contributed by atoms with E-state index in [-0.39, 0.29) is 5.92 Å². The molecule has 2 aliphatic rings. The van der Waals surface area contributed by atoms with Gasteiger partial charge in [0.25, 0.3) is 0 Å². The number of halogens is 1. The first-order valence-corrected chi connectivity index (χ1v) is 5.72. The first kappa shape index (κ1) is 12.8. The number of aliphatic carboxylic acids is 1. The average Bonchev–Trinajstić information content (AvgIpc) is 2.52. The second-order valence-electron chi connectivity index (χ2n) is 4.71. The Labute approximate surface area is 104 Å². The Kier molecular flexibility index (Phi) is 3.25. The summed E-state index contributed by atoms with van der Waals surface area (Å²) in [6.07, 6.45) is -0.675. The van der Waals surface area contributed by atoms with Gasteiger partial charge < -0.3 is 10.0 Å². The first-order chi connectivity index (χ1) is 8.40. The molecule has 1 N–H and O–H groups in total. The van der Waals surface area contributed by atoms with Gasteiger partial charge in [-0.15, -0.1) is 0 Å². The van der Waals surface area contributed by atoms with Gasteiger partial charge in [-0.05, 0) is 5.92 Å². The number of alkyl halides is 1. The van der Waals surface area contributed by atoms with E-state index >= 15 is 0 Å². The number of urea groups is 1. The summed E-state index contributed by atoms with van der Waals surface area (Å²) in [5.41, 5.74) is 1.07. The number of fused-ring (bicyclic) bond motifs is 2. The molecule has 2 aliphatic heterocycles. The summed E-state index contributed by atoms with van der Waals surface area (Å²) in [5, 5.41) is 9.26. The van der Waals surface area contributed by atoms with Crippen molar-refractivity contribution in [3.8, 4) is 0 Å². The largest absolute Gasteiger partial charge is 0.477 e. The summed E-state index contributed by atoms with van der Waals surface area (Å²) in [6, 6.07) is -0.906. The van der Waals surface area contributed by atoms with E-state index in [0.29, 0.717) is 13.1 Å². The summed E-state index contributed by atoms with van der Waals surface area (Å²) in [7, 11) is 0. The van der Waals surface area contributed by atoms with Gasteiger partial charge >= 0.3 is 18.4 Å². The summed E-state index contributed by atoms with van der Waals surface area (Å²) < 4.78 is 13.0. The number of hydrogen-bond donors (Lipinski definition) is 1. The van der Waals surface area contributed by atoms with Crippen molar-refractivity contribution in [3.05, 3.63) is 11.6 Å². The molecule has 2 heterocycles. The molecule has 6 nitrogen and oxygen atoms in total. The van der Waals surface area contributed by atoms with Crippen LogP contribution in [0.2, 0.25) is 0 Å². The molecule has 2 bridgehead atoms. The number of hydrogen-bond acceptors (Lipinski definition) is 3. The van der Waals surface area contributed by atoms with Crippen LogP contribution >= 0.6 is 0 Å². The van der Waals surface area contributed by atoms with E-state index in [0.717, 1.165) is 10.6 Å². The Morgan fingerprint density at radius 3 is 2.83 bits per heavy atom. The summed E-state index contributed by atoms with van der Waals surface area (Å²) in [6.45, 7) is 4.89. The van der Waals surface area contributed by atoms with Crippen LogP contribution in [0.1, 0.15) is 13.8 Å². The summed E-state index contributed by atoms with van der Waals surface area (Å²) in [4.78, 5) is 28.3. The molecular weight excluding hydrogens is 243 g/mol. The third kappa shape index (κ3) is 2.17. The normalized spacial score (nSPS) is 24.6. The standard InChI is InChI=1S/C11H15FN2O4/c1-6(2)7-3-8-5-13(4-7)11(17)14(8)18-9(12)10(15)16/h3,6,8-9H,4-5H2,1-2H3,(H,15,16). The molecule has 18 heavy (non-hydrogen) atoms. The van der Waals surface area contributed by atoms with Crippen molar-refractivity contribution < 1.29 is 23.9 Å². The van der Waals surface area contributed by atoms with Gasteiger partial charge in [-0.2, -0.15) is 5.06 Å². The third-order valence-electron chi connectivity index (χ3n) is 3.09. The molecule has 0 saturated carbocycles. The van der Waals surface area contributed by atoms with Gasteiger partial charge in [0.15, 0.2) is 0 Å². The number of hydroxylamine groups is 2. The maximum Gasteiger partial charge on any atom is 0.368 e. The maximum atomic E-state index is 13.0. The quantitative estimate of drug-likeness (QED) is 0.764. The van der Waals surface area contributed by atoms with Crippen molar-refractivity contribution >= 4 is 12.0 Å². The van der Waals surface area contributed by atoms with E-state index in [4.69, 9.17) is 5.11 Å². The molecule has 2 atom stereocenters. The number of rotatable bonds is 4. The van der Waals surface area contributed by atoms with Crippen molar-refractivity contribution in [2.24, 2.45) is 5.92 Å². The second-order valence-corrected chi connectivity index (χ2v) is 4.71. The molecule has 100 valence electrons. The zero-order valence-electron chi connectivity index (χ0n) is 10.2. The predicted octanol–water partition coefficient (Wildman–Crippen LogP) is 1.00. The van der Waals surface area contributed by atoms with Crippen LogP contribution in [-0.4, -0.2) is 52.6 Å². The fraction of sp³-hybridized carbons (Fsp3) is 0.636. The van der Waals surface area contributed by atoms with Gasteiger partial charge in [-0.3, -0.25) is 0 Å². The van der Waals surface area contributed by atoms with Crippen LogP contribution in [0.3, 0.4) is 0 Å². The van der Waals surface area contributed by atoms with Gasteiger partial charge in [0.05, 0.1) is 6.04 Å². The van der Waals surface area contributed by atoms with Crippen LogP contribution in [0.4, 0.5) is 9.18 Å². The first-order valence-electron chi connectivity index (χ1n) is 5.72. The molecule has 7 heteroatoms. The summed E-state index contributed by atoms with van der Waals surface area (Å²) >= 11 is 0. The zero-order chi connectivity index (χ0) is 13.4. The smallest absolute Gasteiger partial charge is 0.368 e. The molecule has 0 aromatic heterocycles. The van der Waals surface area contributed by atoms with Crippen LogP contribution in [0.15, 0.2) is 11.6 Å². The minimum atomic E-state index is -2.52. The van der Waals surface area contributed by atoms with Crippen molar-refractivity contribution in [3.63, 3.8) is 0 Å². The lowest BCUT2D eigenvalue weighted by atomic mass is 9.98. The van der Waals surface area contributed by atoms with E-state index in [1.165, 1.54) is 4.90 Å². The lowest BCUT2D eigenvalue weighted by molar-refractivity contribution is -0.219. The Morgan fingerprint density at radius 2 is 2.28 bits per heavy atom. The van der Waals surface area contributed by atoms with Gasteiger partial charge in [0, 0.05) is 13.1 Å². The molecule has 0 spiro atoms. The minimum Gasteiger partial charge on any atom is -0.477 e. The molecule has 0 radical (unpaired) electrons. The molecule has 2 unspecified atom stereocenters. The lowest BCUT2D eigenvalue weighted by Gasteiger charge is -2.23. The van der Waals surface area contributed by atoms with Crippen LogP contribution in [0, 0.1) is 5.92 Å². The fourth-order valence-electron chi connectivity index (χ4n) is 2.08. The lowest BCUT2D eigenvalue weighted by Crippen LogP contribution is -2.38. The van der Waals surface area contributed by atoms with Crippen LogP contribution in [-0.2, 0) is 9.63 Å². The molecule has 1 saturated heterocycles. The Balaban J connectivity index is 2.14. The predicted molar refractivity (Wildman–Crippen MR) is 59.1 cm³/mol. The maximum absolute atomic E-state index is 13.0. The molecule has 0 aromatic rings. The Hall–Kier alpha value is -1.63. The molecular formula is C11H15FN2O4. The second kappa shape index (κ2) is 4.56. The van der Waals surface area contributed by atoms with E-state index < -0.39 is 24.4 Å². The number of carboxylic acid groups (broad SMARTS) is 1. The summed E-state index contributed by atoms with van der Waals surface area (Å²) in [5.74, 6) is -1.46. The van der Waals surface area contributed by atoms with Gasteiger partial charge in [-0.1, -0.05) is 25.5 Å². The van der Waals surface area contributed by atoms with E-state index in [1.54, 1.807) is 0 Å². The average molecular weight is 258 g/mol. The highest BCUT2D eigenvalue weighted by Crippen LogP contribution is 2.28. The third-order valence-corrected chi connectivity index (χ3v) is 3.09. The van der Waals surface area contributed by atoms with Gasteiger partial charge in [-0.25, -0.2) is 18.8 Å². The monoisotopic (exact) mass is 258 g/mol. The molecule has 2 amide bonds. The van der Waals surface area contributed by atoms with Gasteiger partial charge in [0.1, 0.15) is 0 Å². The van der Waals surface area contributed by atoms with Crippen molar-refractivity contribution in [1.82, 2.24) is 9.96 Å². The SMILES string of the molecule is CC(C)C1=CC2CN(C1)C(=O)N2OC(F)C(=O)O. The number of nitrogens with zero attached hydrogens (tertiary/aromatic N) is 2. The van der Waals surface area contributed by atoms with Crippen LogP contribution < -0.4 is 0 Å². The van der Waals surface area contributed by atoms with Crippen molar-refractivity contribution in [2.45, 2.75) is 26.2 Å². The molecule has 1 fully saturated rings. The number of amides is 2. The van der Waals surface area contributed by atoms with Crippen molar-refractivity contribution in [1.29, 1.82) is 0 Å². The number of carbonyl (C=O) groups is 2. The fourth-order valence-corrected chi connectivity index (χ4v) is 2.08. The minimum absolute atomic E-state index is 0.281.